The largest absolute Gasteiger partial charge is 0.383 e. The third kappa shape index (κ3) is 4.92. The van der Waals surface area contributed by atoms with Gasteiger partial charge in [0.05, 0.1) is 30.4 Å². The Morgan fingerprint density at radius 2 is 1.87 bits per heavy atom. The highest BCUT2D eigenvalue weighted by molar-refractivity contribution is 7.14. The Balaban J connectivity index is 1.46. The van der Waals surface area contributed by atoms with E-state index >= 15 is 0 Å². The number of hydrogen-bond acceptors (Lipinski definition) is 7. The van der Waals surface area contributed by atoms with Gasteiger partial charge in [-0.05, 0) is 49.7 Å². The van der Waals surface area contributed by atoms with Crippen molar-refractivity contribution in [2.24, 2.45) is 0 Å². The molecule has 31 heavy (non-hydrogen) atoms. The summed E-state index contributed by atoms with van der Waals surface area (Å²) in [6.45, 7) is 6.82. The van der Waals surface area contributed by atoms with Crippen LogP contribution in [0.4, 0.5) is 16.5 Å². The van der Waals surface area contributed by atoms with E-state index in [1.54, 1.807) is 35.6 Å². The number of rotatable bonds is 9. The highest BCUT2D eigenvalue weighted by Crippen LogP contribution is 2.30. The van der Waals surface area contributed by atoms with Crippen LogP contribution in [0.25, 0.3) is 16.9 Å². The van der Waals surface area contributed by atoms with Crippen LogP contribution in [0.1, 0.15) is 12.5 Å². The van der Waals surface area contributed by atoms with E-state index in [1.807, 2.05) is 24.3 Å². The average Bonchev–Trinajstić information content (AvgIpc) is 3.49. The van der Waals surface area contributed by atoms with Crippen molar-refractivity contribution in [3.05, 3.63) is 65.8 Å². The molecule has 0 bridgehead atoms. The molecule has 160 valence electrons. The zero-order valence-corrected chi connectivity index (χ0v) is 18.8. The zero-order chi connectivity index (χ0) is 21.6. The first-order valence-corrected chi connectivity index (χ1v) is 11.1. The van der Waals surface area contributed by atoms with E-state index in [2.05, 4.69) is 57.8 Å². The highest BCUT2D eigenvalue weighted by atomic mass is 32.1. The number of hydrogen-bond donors (Lipinski definition) is 1. The number of anilines is 3. The molecule has 2 aromatic carbocycles. The number of ether oxygens (including phenoxy) is 1. The van der Waals surface area contributed by atoms with Gasteiger partial charge >= 0.3 is 0 Å². The lowest BCUT2D eigenvalue weighted by Gasteiger charge is -2.23. The van der Waals surface area contributed by atoms with E-state index in [0.717, 1.165) is 40.9 Å². The molecule has 0 atom stereocenters. The number of aromatic nitrogens is 4. The normalized spacial score (nSPS) is 10.9. The molecule has 4 rings (SSSR count). The fourth-order valence-corrected chi connectivity index (χ4v) is 4.08. The molecular formula is C23H26N6OS. The second-order valence-corrected chi connectivity index (χ2v) is 7.96. The number of aryl methyl sites for hydroxylation is 1. The van der Waals surface area contributed by atoms with Crippen LogP contribution in [0.5, 0.6) is 0 Å². The van der Waals surface area contributed by atoms with Gasteiger partial charge in [-0.3, -0.25) is 0 Å². The molecule has 0 radical (unpaired) electrons. The lowest BCUT2D eigenvalue weighted by Crippen LogP contribution is -2.26. The topological polar surface area (TPSA) is 68.1 Å². The van der Waals surface area contributed by atoms with Crippen LogP contribution in [-0.2, 0) is 4.74 Å². The summed E-state index contributed by atoms with van der Waals surface area (Å²) in [6, 6.07) is 14.5. The van der Waals surface area contributed by atoms with Gasteiger partial charge in [0.2, 0.25) is 0 Å². The molecule has 0 aliphatic heterocycles. The van der Waals surface area contributed by atoms with E-state index in [0.29, 0.717) is 6.61 Å². The average molecular weight is 435 g/mol. The number of nitrogens with one attached hydrogen (secondary N) is 1. The molecule has 0 saturated heterocycles. The minimum Gasteiger partial charge on any atom is -0.383 e. The maximum atomic E-state index is 5.22. The van der Waals surface area contributed by atoms with Gasteiger partial charge in [-0.15, -0.1) is 11.3 Å². The summed E-state index contributed by atoms with van der Waals surface area (Å²) in [5.74, 6) is 0. The third-order valence-electron chi connectivity index (χ3n) is 5.08. The summed E-state index contributed by atoms with van der Waals surface area (Å²) in [6.07, 6.45) is 3.33. The summed E-state index contributed by atoms with van der Waals surface area (Å²) in [7, 11) is 1.74. The number of benzene rings is 2. The van der Waals surface area contributed by atoms with Gasteiger partial charge in [0.25, 0.3) is 0 Å². The van der Waals surface area contributed by atoms with Gasteiger partial charge in [-0.1, -0.05) is 12.1 Å². The van der Waals surface area contributed by atoms with Crippen LogP contribution in [0.2, 0.25) is 0 Å². The molecule has 4 aromatic rings. The fourth-order valence-electron chi connectivity index (χ4n) is 3.35. The van der Waals surface area contributed by atoms with Crippen molar-refractivity contribution in [2.45, 2.75) is 13.8 Å². The lowest BCUT2D eigenvalue weighted by atomic mass is 10.1. The van der Waals surface area contributed by atoms with E-state index < -0.39 is 0 Å². The Labute approximate surface area is 186 Å². The predicted molar refractivity (Wildman–Crippen MR) is 127 cm³/mol. The quantitative estimate of drug-likeness (QED) is 0.403. The maximum absolute atomic E-state index is 5.22. The molecule has 2 heterocycles. The van der Waals surface area contributed by atoms with Crippen molar-refractivity contribution in [2.75, 3.05) is 37.0 Å². The zero-order valence-electron chi connectivity index (χ0n) is 17.9. The number of likely N-dealkylation sites (N-methyl/N-ethyl adjacent to an activating group) is 1. The number of methoxy groups -OCH3 is 1. The predicted octanol–water partition coefficient (Wildman–Crippen LogP) is 4.92. The van der Waals surface area contributed by atoms with Crippen molar-refractivity contribution in [1.82, 2.24) is 20.0 Å². The van der Waals surface area contributed by atoms with Gasteiger partial charge in [0, 0.05) is 42.5 Å². The van der Waals surface area contributed by atoms with Gasteiger partial charge in [0.1, 0.15) is 0 Å². The molecule has 0 saturated carbocycles. The Kier molecular flexibility index (Phi) is 6.59. The van der Waals surface area contributed by atoms with Crippen molar-refractivity contribution in [3.8, 4) is 16.9 Å². The van der Waals surface area contributed by atoms with Crippen molar-refractivity contribution < 1.29 is 4.74 Å². The summed E-state index contributed by atoms with van der Waals surface area (Å²) >= 11 is 1.60. The van der Waals surface area contributed by atoms with E-state index in [4.69, 9.17) is 9.72 Å². The van der Waals surface area contributed by atoms with Crippen molar-refractivity contribution >= 4 is 27.8 Å². The van der Waals surface area contributed by atoms with Crippen LogP contribution in [-0.4, -0.2) is 46.8 Å². The number of thiazole rings is 1. The third-order valence-corrected chi connectivity index (χ3v) is 5.84. The monoisotopic (exact) mass is 434 g/mol. The molecule has 8 heteroatoms. The molecule has 0 spiro atoms. The molecule has 7 nitrogen and oxygen atoms in total. The fraction of sp³-hybridized carbons (Fsp3) is 0.261. The highest BCUT2D eigenvalue weighted by Gasteiger charge is 2.10. The Morgan fingerprint density at radius 1 is 1.10 bits per heavy atom. The standard InChI is InChI=1S/C23H26N6OS/c1-4-28(13-14-30-3)20-9-10-21(17(2)15-20)26-23-27-22(16-31-23)18-5-7-19(8-6-18)29-24-11-12-25-29/h5-12,15-16H,4,13-14H2,1-3H3,(H,26,27). The van der Waals surface area contributed by atoms with E-state index in [1.165, 1.54) is 11.3 Å². The van der Waals surface area contributed by atoms with Crippen molar-refractivity contribution in [3.63, 3.8) is 0 Å². The second kappa shape index (κ2) is 9.72. The first-order chi connectivity index (χ1) is 15.2. The molecular weight excluding hydrogens is 408 g/mol. The summed E-state index contributed by atoms with van der Waals surface area (Å²) in [5.41, 5.74) is 6.37. The molecule has 0 fully saturated rings. The van der Waals surface area contributed by atoms with Crippen LogP contribution in [0, 0.1) is 6.92 Å². The smallest absolute Gasteiger partial charge is 0.187 e. The number of nitrogens with zero attached hydrogens (tertiary/aromatic N) is 5. The molecule has 1 N–H and O–H groups in total. The van der Waals surface area contributed by atoms with Crippen LogP contribution >= 0.6 is 11.3 Å². The molecule has 0 aliphatic rings. The maximum Gasteiger partial charge on any atom is 0.187 e. The SMILES string of the molecule is CCN(CCOC)c1ccc(Nc2nc(-c3ccc(-n4nccn4)cc3)cs2)c(C)c1. The Morgan fingerprint density at radius 3 is 2.55 bits per heavy atom. The van der Waals surface area contributed by atoms with Crippen LogP contribution in [0.15, 0.2) is 60.2 Å². The van der Waals surface area contributed by atoms with Crippen LogP contribution < -0.4 is 10.2 Å². The molecule has 0 amide bonds. The van der Waals surface area contributed by atoms with Gasteiger partial charge in [-0.2, -0.15) is 15.0 Å². The molecule has 0 unspecified atom stereocenters. The van der Waals surface area contributed by atoms with E-state index in [9.17, 15) is 0 Å². The van der Waals surface area contributed by atoms with E-state index in [-0.39, 0.29) is 0 Å². The minimum absolute atomic E-state index is 0.716. The molecule has 2 aromatic heterocycles. The lowest BCUT2D eigenvalue weighted by molar-refractivity contribution is 0.205. The van der Waals surface area contributed by atoms with Gasteiger partial charge in [0.15, 0.2) is 5.13 Å². The second-order valence-electron chi connectivity index (χ2n) is 7.10. The van der Waals surface area contributed by atoms with Crippen LogP contribution in [0.3, 0.4) is 0 Å². The summed E-state index contributed by atoms with van der Waals surface area (Å²) < 4.78 is 5.22. The first-order valence-electron chi connectivity index (χ1n) is 10.2. The van der Waals surface area contributed by atoms with Gasteiger partial charge in [-0.25, -0.2) is 4.98 Å². The summed E-state index contributed by atoms with van der Waals surface area (Å²) in [5, 5.41) is 14.7. The molecule has 0 aliphatic carbocycles. The summed E-state index contributed by atoms with van der Waals surface area (Å²) in [4.78, 5) is 8.67. The Bertz CT molecular complexity index is 1110. The van der Waals surface area contributed by atoms with Gasteiger partial charge < -0.3 is 15.0 Å². The Hall–Kier alpha value is -3.23. The van der Waals surface area contributed by atoms with Crippen molar-refractivity contribution in [1.29, 1.82) is 0 Å². The first kappa shape index (κ1) is 21.0. The minimum atomic E-state index is 0.716.